The van der Waals surface area contributed by atoms with E-state index >= 15 is 0 Å². The molecule has 0 aliphatic carbocycles. The van der Waals surface area contributed by atoms with Crippen molar-refractivity contribution < 1.29 is 13.2 Å². The van der Waals surface area contributed by atoms with E-state index in [9.17, 15) is 8.42 Å². The van der Waals surface area contributed by atoms with Gasteiger partial charge in [-0.25, -0.2) is 18.4 Å². The summed E-state index contributed by atoms with van der Waals surface area (Å²) in [7, 11) is -2.88. The summed E-state index contributed by atoms with van der Waals surface area (Å²) in [6.07, 6.45) is 3.37. The number of pyridine rings is 2. The summed E-state index contributed by atoms with van der Waals surface area (Å²) in [6.45, 7) is 2.31. The molecule has 3 aromatic rings. The number of ether oxygens (including phenoxy) is 1. The highest BCUT2D eigenvalue weighted by Crippen LogP contribution is 2.34. The highest BCUT2D eigenvalue weighted by atomic mass is 35.5. The Kier molecular flexibility index (Phi) is 4.44. The predicted octanol–water partition coefficient (Wildman–Crippen LogP) is 3.84. The Labute approximate surface area is 162 Å². The van der Waals surface area contributed by atoms with Crippen LogP contribution in [0.4, 0.5) is 11.5 Å². The van der Waals surface area contributed by atoms with Gasteiger partial charge >= 0.3 is 0 Å². The van der Waals surface area contributed by atoms with E-state index in [-0.39, 0.29) is 16.9 Å². The van der Waals surface area contributed by atoms with Crippen molar-refractivity contribution in [3.63, 3.8) is 0 Å². The van der Waals surface area contributed by atoms with Crippen LogP contribution in [0.15, 0.2) is 48.8 Å². The monoisotopic (exact) mass is 403 g/mol. The van der Waals surface area contributed by atoms with E-state index in [0.717, 1.165) is 16.5 Å². The van der Waals surface area contributed by atoms with Crippen molar-refractivity contribution in [2.75, 3.05) is 23.4 Å². The zero-order chi connectivity index (χ0) is 19.1. The first-order valence-electron chi connectivity index (χ1n) is 8.43. The third-order valence-corrected chi connectivity index (χ3v) is 6.95. The molecule has 3 heterocycles. The summed E-state index contributed by atoms with van der Waals surface area (Å²) in [5, 5.41) is 5.58. The summed E-state index contributed by atoms with van der Waals surface area (Å²) in [5.41, 5.74) is 0.485. The van der Waals surface area contributed by atoms with Crippen molar-refractivity contribution in [2.45, 2.75) is 6.92 Å². The number of aromatic nitrogens is 2. The van der Waals surface area contributed by atoms with E-state index in [4.69, 9.17) is 16.3 Å². The number of anilines is 2. The maximum Gasteiger partial charge on any atom is 0.151 e. The molecule has 1 aliphatic heterocycles. The molecule has 0 radical (unpaired) electrons. The molecule has 1 aliphatic rings. The van der Waals surface area contributed by atoms with Crippen LogP contribution in [-0.4, -0.2) is 36.5 Å². The minimum absolute atomic E-state index is 0.181. The van der Waals surface area contributed by atoms with Gasteiger partial charge in [-0.3, -0.25) is 0 Å². The highest BCUT2D eigenvalue weighted by molar-refractivity contribution is 7.92. The molecule has 0 amide bonds. The molecule has 0 atom stereocenters. The van der Waals surface area contributed by atoms with Crippen molar-refractivity contribution >= 4 is 43.7 Å². The van der Waals surface area contributed by atoms with Gasteiger partial charge in [0.15, 0.2) is 9.84 Å². The van der Waals surface area contributed by atoms with Crippen molar-refractivity contribution in [3.8, 4) is 5.75 Å². The lowest BCUT2D eigenvalue weighted by molar-refractivity contribution is 0.188. The van der Waals surface area contributed by atoms with E-state index in [1.165, 1.54) is 0 Å². The molecule has 2 aromatic heterocycles. The van der Waals surface area contributed by atoms with Crippen LogP contribution in [0.25, 0.3) is 10.8 Å². The SMILES string of the molecule is CC1(COc2ccc3c(Nc4ccc(Cl)nc4)nccc3c2)CS(=O)(=O)C1. The normalized spacial score (nSPS) is 17.3. The number of fused-ring (bicyclic) bond motifs is 1. The Morgan fingerprint density at radius 1 is 1.19 bits per heavy atom. The Hall–Kier alpha value is -2.38. The van der Waals surface area contributed by atoms with E-state index < -0.39 is 9.84 Å². The molecule has 1 N–H and O–H groups in total. The van der Waals surface area contributed by atoms with Gasteiger partial charge in [-0.05, 0) is 41.8 Å². The summed E-state index contributed by atoms with van der Waals surface area (Å²) >= 11 is 5.82. The molecule has 0 bridgehead atoms. The van der Waals surface area contributed by atoms with Gasteiger partial charge < -0.3 is 10.1 Å². The number of hydrogen-bond donors (Lipinski definition) is 1. The molecule has 0 unspecified atom stereocenters. The first-order chi connectivity index (χ1) is 12.8. The number of sulfone groups is 1. The van der Waals surface area contributed by atoms with E-state index in [0.29, 0.717) is 23.3 Å². The Bertz CT molecular complexity index is 1090. The van der Waals surface area contributed by atoms with Gasteiger partial charge in [-0.15, -0.1) is 0 Å². The van der Waals surface area contributed by atoms with E-state index in [1.54, 1.807) is 18.5 Å². The third kappa shape index (κ3) is 3.99. The molecule has 140 valence electrons. The van der Waals surface area contributed by atoms with Gasteiger partial charge in [0.1, 0.15) is 16.7 Å². The van der Waals surface area contributed by atoms with Gasteiger partial charge in [0.2, 0.25) is 0 Å². The zero-order valence-electron chi connectivity index (χ0n) is 14.6. The number of hydrogen-bond acceptors (Lipinski definition) is 6. The Balaban J connectivity index is 1.52. The summed E-state index contributed by atoms with van der Waals surface area (Å²) in [4.78, 5) is 8.45. The average molecular weight is 404 g/mol. The second-order valence-corrected chi connectivity index (χ2v) is 9.62. The quantitative estimate of drug-likeness (QED) is 0.652. The smallest absolute Gasteiger partial charge is 0.151 e. The lowest BCUT2D eigenvalue weighted by Gasteiger charge is -2.37. The van der Waals surface area contributed by atoms with Gasteiger partial charge in [0.25, 0.3) is 0 Å². The Morgan fingerprint density at radius 3 is 2.70 bits per heavy atom. The summed E-state index contributed by atoms with van der Waals surface area (Å²) in [6, 6.07) is 11.2. The molecular formula is C19H18ClN3O3S. The second kappa shape index (κ2) is 6.65. The van der Waals surface area contributed by atoms with Crippen LogP contribution in [0.5, 0.6) is 5.75 Å². The van der Waals surface area contributed by atoms with Crippen LogP contribution < -0.4 is 10.1 Å². The molecular weight excluding hydrogens is 386 g/mol. The number of rotatable bonds is 5. The second-order valence-electron chi connectivity index (χ2n) is 7.17. The van der Waals surface area contributed by atoms with Crippen LogP contribution >= 0.6 is 11.6 Å². The van der Waals surface area contributed by atoms with Crippen LogP contribution in [-0.2, 0) is 9.84 Å². The molecule has 1 fully saturated rings. The zero-order valence-corrected chi connectivity index (χ0v) is 16.2. The number of nitrogens with zero attached hydrogens (tertiary/aromatic N) is 2. The fourth-order valence-corrected chi connectivity index (χ4v) is 5.61. The third-order valence-electron chi connectivity index (χ3n) is 4.45. The predicted molar refractivity (Wildman–Crippen MR) is 107 cm³/mol. The first kappa shape index (κ1) is 18.0. The van der Waals surface area contributed by atoms with Crippen molar-refractivity contribution in [1.82, 2.24) is 9.97 Å². The van der Waals surface area contributed by atoms with Crippen LogP contribution in [0, 0.1) is 5.41 Å². The minimum atomic E-state index is -2.88. The number of benzene rings is 1. The van der Waals surface area contributed by atoms with Crippen molar-refractivity contribution in [3.05, 3.63) is 53.9 Å². The molecule has 27 heavy (non-hydrogen) atoms. The topological polar surface area (TPSA) is 81.2 Å². The standard InChI is InChI=1S/C19H18ClN3O3S/c1-19(11-27(24,25)12-19)10-26-15-3-4-16-13(8-15)6-7-21-18(16)23-14-2-5-17(20)22-9-14/h2-9H,10-12H2,1H3,(H,21,23). The first-order valence-corrected chi connectivity index (χ1v) is 10.6. The van der Waals surface area contributed by atoms with Gasteiger partial charge in [0.05, 0.1) is 30.0 Å². The minimum Gasteiger partial charge on any atom is -0.493 e. The van der Waals surface area contributed by atoms with Gasteiger partial charge in [-0.1, -0.05) is 18.5 Å². The molecule has 1 saturated heterocycles. The fourth-order valence-electron chi connectivity index (χ4n) is 3.29. The largest absolute Gasteiger partial charge is 0.493 e. The highest BCUT2D eigenvalue weighted by Gasteiger charge is 2.45. The maximum atomic E-state index is 11.4. The van der Waals surface area contributed by atoms with Crippen molar-refractivity contribution in [1.29, 1.82) is 0 Å². The van der Waals surface area contributed by atoms with Crippen LogP contribution in [0.3, 0.4) is 0 Å². The maximum absolute atomic E-state index is 11.4. The van der Waals surface area contributed by atoms with Crippen molar-refractivity contribution in [2.24, 2.45) is 5.41 Å². The average Bonchev–Trinajstić information content (AvgIpc) is 2.60. The number of halogens is 1. The fraction of sp³-hybridized carbons (Fsp3) is 0.263. The molecule has 4 rings (SSSR count). The van der Waals surface area contributed by atoms with Gasteiger partial charge in [0, 0.05) is 17.0 Å². The van der Waals surface area contributed by atoms with Crippen LogP contribution in [0.2, 0.25) is 5.15 Å². The molecule has 6 nitrogen and oxygen atoms in total. The lowest BCUT2D eigenvalue weighted by atomic mass is 9.96. The Morgan fingerprint density at radius 2 is 2.00 bits per heavy atom. The summed E-state index contributed by atoms with van der Waals surface area (Å²) in [5.74, 6) is 1.78. The van der Waals surface area contributed by atoms with Crippen LogP contribution in [0.1, 0.15) is 6.92 Å². The molecule has 1 aromatic carbocycles. The summed E-state index contributed by atoms with van der Waals surface area (Å²) < 4.78 is 28.7. The lowest BCUT2D eigenvalue weighted by Crippen LogP contribution is -2.49. The van der Waals surface area contributed by atoms with E-state index in [2.05, 4.69) is 15.3 Å². The van der Waals surface area contributed by atoms with E-state index in [1.807, 2.05) is 37.3 Å². The molecule has 8 heteroatoms. The number of nitrogens with one attached hydrogen (secondary N) is 1. The molecule has 0 spiro atoms. The van der Waals surface area contributed by atoms with Gasteiger partial charge in [-0.2, -0.15) is 0 Å². The molecule has 0 saturated carbocycles.